The zero-order valence-corrected chi connectivity index (χ0v) is 18.6. The van der Waals surface area contributed by atoms with Gasteiger partial charge in [-0.25, -0.2) is 9.97 Å². The molecule has 2 nitrogen and oxygen atoms in total. The zero-order valence-electron chi connectivity index (χ0n) is 17.0. The molecule has 0 saturated heterocycles. The second kappa shape index (κ2) is 8.96. The first-order chi connectivity index (χ1) is 15.7. The Morgan fingerprint density at radius 2 is 0.875 bits per heavy atom. The van der Waals surface area contributed by atoms with Crippen LogP contribution in [-0.2, 0) is 0 Å². The molecule has 1 heterocycles. The van der Waals surface area contributed by atoms with Crippen LogP contribution >= 0.6 is 23.2 Å². The van der Waals surface area contributed by atoms with Crippen LogP contribution in [0.1, 0.15) is 0 Å². The molecule has 0 radical (unpaired) electrons. The Balaban J connectivity index is 1.63. The maximum Gasteiger partial charge on any atom is 0.160 e. The van der Waals surface area contributed by atoms with E-state index in [-0.39, 0.29) is 0 Å². The summed E-state index contributed by atoms with van der Waals surface area (Å²) in [4.78, 5) is 9.69. The Labute approximate surface area is 197 Å². The number of nitrogens with zero attached hydrogens (tertiary/aromatic N) is 2. The molecule has 5 aromatic rings. The van der Waals surface area contributed by atoms with Crippen LogP contribution in [-0.4, -0.2) is 9.97 Å². The van der Waals surface area contributed by atoms with Crippen molar-refractivity contribution in [3.63, 3.8) is 0 Å². The van der Waals surface area contributed by atoms with E-state index >= 15 is 0 Å². The van der Waals surface area contributed by atoms with Crippen LogP contribution in [0.5, 0.6) is 0 Å². The summed E-state index contributed by atoms with van der Waals surface area (Å²) in [7, 11) is 0. The van der Waals surface area contributed by atoms with Crippen LogP contribution in [0, 0.1) is 0 Å². The van der Waals surface area contributed by atoms with Gasteiger partial charge in [0.25, 0.3) is 0 Å². The van der Waals surface area contributed by atoms with Crippen molar-refractivity contribution in [3.05, 3.63) is 119 Å². The van der Waals surface area contributed by atoms with Gasteiger partial charge in [0.2, 0.25) is 0 Å². The lowest BCUT2D eigenvalue weighted by Crippen LogP contribution is -1.96. The second-order valence-electron chi connectivity index (χ2n) is 7.43. The number of hydrogen-bond acceptors (Lipinski definition) is 2. The average Bonchev–Trinajstić information content (AvgIpc) is 2.84. The van der Waals surface area contributed by atoms with Crippen molar-refractivity contribution in [2.24, 2.45) is 0 Å². The molecule has 1 aromatic heterocycles. The van der Waals surface area contributed by atoms with Gasteiger partial charge in [0.05, 0.1) is 11.4 Å². The van der Waals surface area contributed by atoms with Gasteiger partial charge in [0.15, 0.2) is 5.82 Å². The lowest BCUT2D eigenvalue weighted by Gasteiger charge is -2.10. The van der Waals surface area contributed by atoms with Crippen molar-refractivity contribution < 1.29 is 0 Å². The molecule has 32 heavy (non-hydrogen) atoms. The van der Waals surface area contributed by atoms with Gasteiger partial charge in [0.1, 0.15) is 0 Å². The number of halogens is 2. The van der Waals surface area contributed by atoms with E-state index in [0.29, 0.717) is 15.9 Å². The Morgan fingerprint density at radius 3 is 1.47 bits per heavy atom. The molecule has 0 spiro atoms. The summed E-state index contributed by atoms with van der Waals surface area (Å²) >= 11 is 12.5. The predicted octanol–water partition coefficient (Wildman–Crippen LogP) is 8.45. The third kappa shape index (κ3) is 4.43. The van der Waals surface area contributed by atoms with E-state index in [1.165, 1.54) is 5.56 Å². The molecule has 0 atom stereocenters. The summed E-state index contributed by atoms with van der Waals surface area (Å²) in [6.45, 7) is 0. The number of hydrogen-bond donors (Lipinski definition) is 0. The maximum atomic E-state index is 6.26. The number of aromatic nitrogens is 2. The third-order valence-electron chi connectivity index (χ3n) is 5.20. The van der Waals surface area contributed by atoms with Gasteiger partial charge in [-0.3, -0.25) is 0 Å². The highest BCUT2D eigenvalue weighted by molar-refractivity contribution is 6.35. The standard InChI is InChI=1S/C28H18Cl2N2/c29-24-15-23(16-25(30)17-24)27-18-26(31-28(32-27)22-9-5-2-6-10-22)21-13-11-20(12-14-21)19-7-3-1-4-8-19/h1-18H. The summed E-state index contributed by atoms with van der Waals surface area (Å²) in [5.41, 5.74) is 6.76. The van der Waals surface area contributed by atoms with Crippen LogP contribution in [0.15, 0.2) is 109 Å². The Kier molecular flexibility index (Phi) is 5.72. The summed E-state index contributed by atoms with van der Waals surface area (Å²) in [5, 5.41) is 1.14. The van der Waals surface area contributed by atoms with E-state index in [2.05, 4.69) is 36.4 Å². The van der Waals surface area contributed by atoms with E-state index in [9.17, 15) is 0 Å². The molecule has 154 valence electrons. The van der Waals surface area contributed by atoms with E-state index in [0.717, 1.165) is 33.6 Å². The molecule has 0 saturated carbocycles. The first-order valence-electron chi connectivity index (χ1n) is 10.2. The van der Waals surface area contributed by atoms with E-state index in [4.69, 9.17) is 33.2 Å². The normalized spacial score (nSPS) is 10.8. The van der Waals surface area contributed by atoms with Crippen LogP contribution in [0.3, 0.4) is 0 Å². The molecule has 0 bridgehead atoms. The van der Waals surface area contributed by atoms with Gasteiger partial charge < -0.3 is 0 Å². The first kappa shape index (κ1) is 20.4. The predicted molar refractivity (Wildman–Crippen MR) is 134 cm³/mol. The summed E-state index contributed by atoms with van der Waals surface area (Å²) < 4.78 is 0. The zero-order chi connectivity index (χ0) is 21.9. The minimum atomic E-state index is 0.570. The first-order valence-corrected chi connectivity index (χ1v) is 11.0. The molecule has 0 aliphatic carbocycles. The molecule has 0 N–H and O–H groups in total. The van der Waals surface area contributed by atoms with Crippen molar-refractivity contribution in [3.8, 4) is 45.0 Å². The molecular formula is C28H18Cl2N2. The quantitative estimate of drug-likeness (QED) is 0.273. The van der Waals surface area contributed by atoms with Crippen molar-refractivity contribution in [1.29, 1.82) is 0 Å². The molecule has 0 aliphatic heterocycles. The topological polar surface area (TPSA) is 25.8 Å². The monoisotopic (exact) mass is 452 g/mol. The highest BCUT2D eigenvalue weighted by Crippen LogP contribution is 2.31. The molecule has 5 rings (SSSR count). The van der Waals surface area contributed by atoms with Crippen LogP contribution in [0.4, 0.5) is 0 Å². The van der Waals surface area contributed by atoms with E-state index < -0.39 is 0 Å². The molecule has 4 heteroatoms. The van der Waals surface area contributed by atoms with Gasteiger partial charge in [-0.15, -0.1) is 0 Å². The number of rotatable bonds is 4. The summed E-state index contributed by atoms with van der Waals surface area (Å²) in [6.07, 6.45) is 0. The summed E-state index contributed by atoms with van der Waals surface area (Å²) in [6, 6.07) is 36.1. The smallest absolute Gasteiger partial charge is 0.160 e. The van der Waals surface area contributed by atoms with E-state index in [1.54, 1.807) is 6.07 Å². The average molecular weight is 453 g/mol. The van der Waals surface area contributed by atoms with Crippen LogP contribution in [0.25, 0.3) is 45.0 Å². The highest BCUT2D eigenvalue weighted by atomic mass is 35.5. The Morgan fingerprint density at radius 1 is 0.406 bits per heavy atom. The molecule has 4 aromatic carbocycles. The molecule has 0 aliphatic rings. The third-order valence-corrected chi connectivity index (χ3v) is 5.64. The van der Waals surface area contributed by atoms with Gasteiger partial charge in [-0.05, 0) is 35.4 Å². The van der Waals surface area contributed by atoms with Crippen molar-refractivity contribution >= 4 is 23.2 Å². The molecule has 0 fully saturated rings. The van der Waals surface area contributed by atoms with Gasteiger partial charge >= 0.3 is 0 Å². The molecule has 0 amide bonds. The maximum absolute atomic E-state index is 6.26. The lowest BCUT2D eigenvalue weighted by atomic mass is 10.0. The van der Waals surface area contributed by atoms with Gasteiger partial charge in [-0.1, -0.05) is 108 Å². The van der Waals surface area contributed by atoms with E-state index in [1.807, 2.05) is 66.7 Å². The fourth-order valence-corrected chi connectivity index (χ4v) is 4.15. The minimum Gasteiger partial charge on any atom is -0.228 e. The van der Waals surface area contributed by atoms with Crippen molar-refractivity contribution in [1.82, 2.24) is 9.97 Å². The lowest BCUT2D eigenvalue weighted by molar-refractivity contribution is 1.18. The fraction of sp³-hybridized carbons (Fsp3) is 0. The van der Waals surface area contributed by atoms with Crippen molar-refractivity contribution in [2.75, 3.05) is 0 Å². The van der Waals surface area contributed by atoms with Gasteiger partial charge in [0, 0.05) is 26.7 Å². The minimum absolute atomic E-state index is 0.570. The SMILES string of the molecule is Clc1cc(Cl)cc(-c2cc(-c3ccc(-c4ccccc4)cc3)nc(-c3ccccc3)n2)c1. The second-order valence-corrected chi connectivity index (χ2v) is 8.30. The number of benzene rings is 4. The fourth-order valence-electron chi connectivity index (χ4n) is 3.63. The largest absolute Gasteiger partial charge is 0.228 e. The Bertz CT molecular complexity index is 1350. The molecule has 0 unspecified atom stereocenters. The van der Waals surface area contributed by atoms with Crippen LogP contribution < -0.4 is 0 Å². The van der Waals surface area contributed by atoms with Gasteiger partial charge in [-0.2, -0.15) is 0 Å². The molecular weight excluding hydrogens is 435 g/mol. The highest BCUT2D eigenvalue weighted by Gasteiger charge is 2.12. The Hall–Kier alpha value is -3.46. The van der Waals surface area contributed by atoms with Crippen LogP contribution in [0.2, 0.25) is 10.0 Å². The summed E-state index contributed by atoms with van der Waals surface area (Å²) in [5.74, 6) is 0.654. The van der Waals surface area contributed by atoms with Crippen molar-refractivity contribution in [2.45, 2.75) is 0 Å².